The topological polar surface area (TPSA) is 15.3 Å². The van der Waals surface area contributed by atoms with Gasteiger partial charge in [-0.05, 0) is 49.7 Å². The number of hydrogen-bond acceptors (Lipinski definition) is 3. The van der Waals surface area contributed by atoms with Gasteiger partial charge in [-0.15, -0.1) is 11.3 Å². The second kappa shape index (κ2) is 7.93. The van der Waals surface area contributed by atoms with Crippen molar-refractivity contribution in [3.8, 4) is 0 Å². The summed E-state index contributed by atoms with van der Waals surface area (Å²) in [5, 5.41) is 5.55. The average molecular weight is 353 g/mol. The first-order chi connectivity index (χ1) is 9.69. The summed E-state index contributed by atoms with van der Waals surface area (Å²) in [5.74, 6) is 0. The average Bonchev–Trinajstić information content (AvgIpc) is 2.94. The van der Waals surface area contributed by atoms with E-state index in [1.807, 2.05) is 18.4 Å². The Kier molecular flexibility index (Phi) is 6.23. The van der Waals surface area contributed by atoms with Gasteiger partial charge >= 0.3 is 0 Å². The number of nitrogens with one attached hydrogen (secondary N) is 1. The van der Waals surface area contributed by atoms with Crippen LogP contribution in [0.1, 0.15) is 22.9 Å². The molecule has 2 aromatic rings. The molecular weight excluding hydrogens is 332 g/mol. The maximum atomic E-state index is 3.48. The minimum absolute atomic E-state index is 0.411. The van der Waals surface area contributed by atoms with Gasteiger partial charge in [0.05, 0.1) is 0 Å². The summed E-state index contributed by atoms with van der Waals surface area (Å²) in [6.07, 6.45) is 1.11. The Morgan fingerprint density at radius 1 is 1.25 bits per heavy atom. The monoisotopic (exact) mass is 352 g/mol. The summed E-state index contributed by atoms with van der Waals surface area (Å²) in [4.78, 5) is 3.81. The molecule has 0 saturated carbocycles. The molecule has 0 aliphatic heterocycles. The van der Waals surface area contributed by atoms with Crippen LogP contribution in [0.4, 0.5) is 0 Å². The number of nitrogens with zero attached hydrogens (tertiary/aromatic N) is 1. The van der Waals surface area contributed by atoms with Gasteiger partial charge in [-0.25, -0.2) is 0 Å². The van der Waals surface area contributed by atoms with Crippen LogP contribution in [0.25, 0.3) is 0 Å². The molecule has 2 rings (SSSR count). The van der Waals surface area contributed by atoms with Crippen molar-refractivity contribution in [2.75, 3.05) is 20.6 Å². The Morgan fingerprint density at radius 2 is 2.00 bits per heavy atom. The molecule has 0 amide bonds. The Hall–Kier alpha value is -0.680. The molecule has 1 N–H and O–H groups in total. The second-order valence-corrected chi connectivity index (χ2v) is 6.95. The summed E-state index contributed by atoms with van der Waals surface area (Å²) in [6.45, 7) is 2.12. The molecule has 0 saturated heterocycles. The van der Waals surface area contributed by atoms with Crippen molar-refractivity contribution in [3.63, 3.8) is 0 Å². The lowest BCUT2D eigenvalue weighted by Crippen LogP contribution is -2.25. The van der Waals surface area contributed by atoms with E-state index in [-0.39, 0.29) is 0 Å². The first-order valence-electron chi connectivity index (χ1n) is 6.82. The Bertz CT molecular complexity index is 496. The van der Waals surface area contributed by atoms with E-state index in [1.54, 1.807) is 0 Å². The lowest BCUT2D eigenvalue weighted by atomic mass is 10.0. The van der Waals surface area contributed by atoms with Crippen molar-refractivity contribution >= 4 is 27.3 Å². The van der Waals surface area contributed by atoms with Crippen LogP contribution in [-0.4, -0.2) is 25.5 Å². The molecule has 1 heterocycles. The summed E-state index contributed by atoms with van der Waals surface area (Å²) in [7, 11) is 4.22. The highest BCUT2D eigenvalue weighted by molar-refractivity contribution is 9.10. The molecule has 0 spiro atoms. The SMILES string of the molecule is CNC(CCN(C)Cc1cccs1)c1ccc(Br)cc1. The zero-order chi connectivity index (χ0) is 14.4. The van der Waals surface area contributed by atoms with Crippen LogP contribution in [0.15, 0.2) is 46.3 Å². The molecule has 1 unspecified atom stereocenters. The Labute approximate surface area is 133 Å². The zero-order valence-electron chi connectivity index (χ0n) is 12.0. The minimum atomic E-state index is 0.411. The first kappa shape index (κ1) is 15.7. The number of hydrogen-bond donors (Lipinski definition) is 1. The molecule has 1 aromatic carbocycles. The Balaban J connectivity index is 1.85. The summed E-state index contributed by atoms with van der Waals surface area (Å²) in [5.41, 5.74) is 1.35. The third-order valence-corrected chi connectivity index (χ3v) is 4.82. The standard InChI is InChI=1S/C16H21BrN2S/c1-18-16(13-5-7-14(17)8-6-13)9-10-19(2)12-15-4-3-11-20-15/h3-8,11,16,18H,9-10,12H2,1-2H3. The second-order valence-electron chi connectivity index (χ2n) is 5.00. The van der Waals surface area contributed by atoms with E-state index in [2.05, 4.69) is 75.0 Å². The maximum absolute atomic E-state index is 3.48. The van der Waals surface area contributed by atoms with Gasteiger partial charge in [0.15, 0.2) is 0 Å². The predicted molar refractivity (Wildman–Crippen MR) is 91.2 cm³/mol. The fourth-order valence-electron chi connectivity index (χ4n) is 2.27. The largest absolute Gasteiger partial charge is 0.313 e. The molecule has 0 fully saturated rings. The molecule has 0 bridgehead atoms. The van der Waals surface area contributed by atoms with Crippen molar-refractivity contribution in [3.05, 3.63) is 56.7 Å². The highest BCUT2D eigenvalue weighted by Gasteiger charge is 2.10. The summed E-state index contributed by atoms with van der Waals surface area (Å²) in [6, 6.07) is 13.3. The molecule has 20 heavy (non-hydrogen) atoms. The predicted octanol–water partition coefficient (Wildman–Crippen LogP) is 4.29. The van der Waals surface area contributed by atoms with Gasteiger partial charge in [-0.2, -0.15) is 0 Å². The van der Waals surface area contributed by atoms with Crippen molar-refractivity contribution < 1.29 is 0 Å². The molecule has 0 aliphatic rings. The first-order valence-corrected chi connectivity index (χ1v) is 8.50. The van der Waals surface area contributed by atoms with E-state index in [1.165, 1.54) is 10.4 Å². The van der Waals surface area contributed by atoms with Crippen LogP contribution in [0.2, 0.25) is 0 Å². The lowest BCUT2D eigenvalue weighted by Gasteiger charge is -2.21. The third kappa shape index (κ3) is 4.70. The molecular formula is C16H21BrN2S. The smallest absolute Gasteiger partial charge is 0.0329 e. The van der Waals surface area contributed by atoms with Gasteiger partial charge in [0, 0.05) is 28.5 Å². The van der Waals surface area contributed by atoms with E-state index >= 15 is 0 Å². The van der Waals surface area contributed by atoms with Gasteiger partial charge < -0.3 is 10.2 Å². The van der Waals surface area contributed by atoms with Crippen molar-refractivity contribution in [2.24, 2.45) is 0 Å². The highest BCUT2D eigenvalue weighted by atomic mass is 79.9. The van der Waals surface area contributed by atoms with Gasteiger partial charge in [0.1, 0.15) is 0 Å². The van der Waals surface area contributed by atoms with E-state index in [0.717, 1.165) is 24.0 Å². The molecule has 1 aromatic heterocycles. The molecule has 2 nitrogen and oxygen atoms in total. The van der Waals surface area contributed by atoms with Crippen LogP contribution >= 0.6 is 27.3 Å². The van der Waals surface area contributed by atoms with Crippen molar-refractivity contribution in [1.29, 1.82) is 0 Å². The van der Waals surface area contributed by atoms with Crippen LogP contribution in [0, 0.1) is 0 Å². The van der Waals surface area contributed by atoms with Crippen LogP contribution < -0.4 is 5.32 Å². The molecule has 0 aliphatic carbocycles. The lowest BCUT2D eigenvalue weighted by molar-refractivity contribution is 0.306. The van der Waals surface area contributed by atoms with Crippen molar-refractivity contribution in [1.82, 2.24) is 10.2 Å². The van der Waals surface area contributed by atoms with Crippen molar-refractivity contribution in [2.45, 2.75) is 19.0 Å². The number of benzene rings is 1. The molecule has 0 radical (unpaired) electrons. The van der Waals surface area contributed by atoms with Crippen LogP contribution in [0.5, 0.6) is 0 Å². The highest BCUT2D eigenvalue weighted by Crippen LogP contribution is 2.20. The zero-order valence-corrected chi connectivity index (χ0v) is 14.4. The maximum Gasteiger partial charge on any atom is 0.0329 e. The molecule has 4 heteroatoms. The third-order valence-electron chi connectivity index (χ3n) is 3.43. The van der Waals surface area contributed by atoms with E-state index in [9.17, 15) is 0 Å². The van der Waals surface area contributed by atoms with Gasteiger partial charge in [-0.1, -0.05) is 34.1 Å². The number of halogens is 1. The van der Waals surface area contributed by atoms with E-state index in [0.29, 0.717) is 6.04 Å². The van der Waals surface area contributed by atoms with Gasteiger partial charge in [0.25, 0.3) is 0 Å². The van der Waals surface area contributed by atoms with Crippen LogP contribution in [0.3, 0.4) is 0 Å². The fraction of sp³-hybridized carbons (Fsp3) is 0.375. The molecule has 108 valence electrons. The summed E-state index contributed by atoms with van der Waals surface area (Å²) < 4.78 is 1.13. The summed E-state index contributed by atoms with van der Waals surface area (Å²) >= 11 is 5.31. The fourth-order valence-corrected chi connectivity index (χ4v) is 3.32. The minimum Gasteiger partial charge on any atom is -0.313 e. The quantitative estimate of drug-likeness (QED) is 0.799. The van der Waals surface area contributed by atoms with E-state index in [4.69, 9.17) is 0 Å². The molecule has 1 atom stereocenters. The normalized spacial score (nSPS) is 12.8. The number of thiophene rings is 1. The Morgan fingerprint density at radius 3 is 2.60 bits per heavy atom. The van der Waals surface area contributed by atoms with E-state index < -0.39 is 0 Å². The van der Waals surface area contributed by atoms with Crippen LogP contribution in [-0.2, 0) is 6.54 Å². The van der Waals surface area contributed by atoms with Gasteiger partial charge in [-0.3, -0.25) is 0 Å². The number of rotatable bonds is 7. The van der Waals surface area contributed by atoms with Gasteiger partial charge in [0.2, 0.25) is 0 Å².